The van der Waals surface area contributed by atoms with Crippen molar-refractivity contribution in [2.24, 2.45) is 5.41 Å². The number of carbonyl (C=O) groups is 1. The average Bonchev–Trinajstić information content (AvgIpc) is 2.45. The summed E-state index contributed by atoms with van der Waals surface area (Å²) in [5.41, 5.74) is 0.0527. The van der Waals surface area contributed by atoms with Crippen molar-refractivity contribution in [3.05, 3.63) is 12.3 Å². The maximum absolute atomic E-state index is 10.9. The fraction of sp³-hybridized carbons (Fsp3) is 0.667. The number of ether oxygens (including phenoxy) is 1. The van der Waals surface area contributed by atoms with Crippen molar-refractivity contribution >= 4 is 5.97 Å². The second-order valence-corrected chi connectivity index (χ2v) is 3.56. The van der Waals surface area contributed by atoms with Gasteiger partial charge >= 0.3 is 5.97 Å². The topological polar surface area (TPSA) is 26.3 Å². The van der Waals surface area contributed by atoms with Gasteiger partial charge in [-0.15, -0.1) is 0 Å². The Morgan fingerprint density at radius 3 is 2.45 bits per heavy atom. The molecule has 2 fully saturated rings. The first-order chi connectivity index (χ1) is 5.23. The predicted octanol–water partition coefficient (Wildman–Crippen LogP) is 2.01. The molecule has 1 heterocycles. The molecule has 2 rings (SSSR count). The van der Waals surface area contributed by atoms with Crippen LogP contribution < -0.4 is 0 Å². The van der Waals surface area contributed by atoms with E-state index in [-0.39, 0.29) is 11.4 Å². The summed E-state index contributed by atoms with van der Waals surface area (Å²) in [6.45, 7) is 3.80. The van der Waals surface area contributed by atoms with Crippen LogP contribution >= 0.6 is 0 Å². The molecule has 0 bridgehead atoms. The first-order valence-electron chi connectivity index (χ1n) is 4.13. The summed E-state index contributed by atoms with van der Waals surface area (Å²) in [6.07, 6.45) is 5.20. The number of carbonyl (C=O) groups excluding carboxylic acids is 1. The Kier molecular flexibility index (Phi) is 1.31. The van der Waals surface area contributed by atoms with Gasteiger partial charge in [0.2, 0.25) is 0 Å². The van der Waals surface area contributed by atoms with Crippen LogP contribution in [-0.4, -0.2) is 5.97 Å². The molecular formula is C9H12O2. The van der Waals surface area contributed by atoms with Crippen molar-refractivity contribution in [2.45, 2.75) is 32.1 Å². The van der Waals surface area contributed by atoms with E-state index in [1.165, 1.54) is 12.8 Å². The van der Waals surface area contributed by atoms with Crippen LogP contribution in [0.15, 0.2) is 12.3 Å². The quantitative estimate of drug-likeness (QED) is 0.496. The van der Waals surface area contributed by atoms with E-state index >= 15 is 0 Å². The van der Waals surface area contributed by atoms with Crippen molar-refractivity contribution in [1.82, 2.24) is 0 Å². The second kappa shape index (κ2) is 2.10. The molecule has 0 radical (unpaired) electrons. The van der Waals surface area contributed by atoms with E-state index in [0.717, 1.165) is 18.6 Å². The first kappa shape index (κ1) is 6.89. The molecule has 2 heteroatoms. The smallest absolute Gasteiger partial charge is 0.311 e. The molecule has 1 aliphatic heterocycles. The Balaban J connectivity index is 2.24. The number of esters is 1. The van der Waals surface area contributed by atoms with Gasteiger partial charge in [-0.25, -0.2) is 0 Å². The van der Waals surface area contributed by atoms with Gasteiger partial charge in [-0.3, -0.25) is 4.79 Å². The van der Waals surface area contributed by atoms with Gasteiger partial charge in [-0.1, -0.05) is 19.4 Å². The minimum atomic E-state index is -0.0862. The molecule has 0 aromatic heterocycles. The third kappa shape index (κ3) is 0.889. The van der Waals surface area contributed by atoms with Crippen molar-refractivity contribution in [3.8, 4) is 0 Å². The molecule has 0 atom stereocenters. The molecule has 1 spiro atoms. The summed E-state index contributed by atoms with van der Waals surface area (Å²) in [7, 11) is 0. The highest BCUT2D eigenvalue weighted by molar-refractivity contribution is 5.75. The van der Waals surface area contributed by atoms with Gasteiger partial charge in [0.15, 0.2) is 0 Å². The average molecular weight is 152 g/mol. The van der Waals surface area contributed by atoms with E-state index in [1.54, 1.807) is 0 Å². The molecule has 0 unspecified atom stereocenters. The summed E-state index contributed by atoms with van der Waals surface area (Å²) < 4.78 is 4.97. The molecule has 1 aliphatic carbocycles. The monoisotopic (exact) mass is 152 g/mol. The van der Waals surface area contributed by atoms with Gasteiger partial charge in [-0.2, -0.15) is 0 Å². The van der Waals surface area contributed by atoms with Crippen LogP contribution in [0.4, 0.5) is 0 Å². The van der Waals surface area contributed by atoms with Crippen LogP contribution in [0.3, 0.4) is 0 Å². The number of cyclic esters (lactones) is 1. The normalized spacial score (nSPS) is 28.0. The van der Waals surface area contributed by atoms with Gasteiger partial charge in [0.25, 0.3) is 0 Å². The number of hydrogen-bond donors (Lipinski definition) is 0. The van der Waals surface area contributed by atoms with E-state index in [1.807, 2.05) is 0 Å². The number of hydrogen-bond acceptors (Lipinski definition) is 2. The molecule has 1 saturated carbocycles. The Labute approximate surface area is 66.2 Å². The lowest BCUT2D eigenvalue weighted by molar-refractivity contribution is -0.135. The Bertz CT molecular complexity index is 212. The molecule has 0 aromatic carbocycles. The molecule has 0 aromatic rings. The molecule has 2 aliphatic rings. The van der Waals surface area contributed by atoms with Crippen LogP contribution in [0.5, 0.6) is 0 Å². The van der Waals surface area contributed by atoms with Crippen LogP contribution in [0, 0.1) is 5.41 Å². The van der Waals surface area contributed by atoms with Gasteiger partial charge in [-0.05, 0) is 12.8 Å². The van der Waals surface area contributed by atoms with Crippen molar-refractivity contribution in [1.29, 1.82) is 0 Å². The van der Waals surface area contributed by atoms with E-state index in [2.05, 4.69) is 6.58 Å². The molecule has 11 heavy (non-hydrogen) atoms. The molecular weight excluding hydrogens is 140 g/mol. The third-order valence-corrected chi connectivity index (χ3v) is 2.87. The summed E-state index contributed by atoms with van der Waals surface area (Å²) in [5, 5.41) is 0. The minimum Gasteiger partial charge on any atom is -0.431 e. The SMILES string of the molecule is C=C1OC(=O)CC12CCCC2. The van der Waals surface area contributed by atoms with Crippen LogP contribution in [0.25, 0.3) is 0 Å². The molecule has 1 saturated heterocycles. The van der Waals surface area contributed by atoms with Crippen LogP contribution in [0.1, 0.15) is 32.1 Å². The maximum Gasteiger partial charge on any atom is 0.311 e. The zero-order chi connectivity index (χ0) is 7.90. The second-order valence-electron chi connectivity index (χ2n) is 3.56. The molecule has 0 N–H and O–H groups in total. The standard InChI is InChI=1S/C9H12O2/c1-7-9(4-2-3-5-9)6-8(10)11-7/h1-6H2. The zero-order valence-electron chi connectivity index (χ0n) is 6.56. The Hall–Kier alpha value is -0.790. The lowest BCUT2D eigenvalue weighted by Crippen LogP contribution is -2.13. The van der Waals surface area contributed by atoms with Crippen molar-refractivity contribution in [3.63, 3.8) is 0 Å². The fourth-order valence-corrected chi connectivity index (χ4v) is 2.16. The Morgan fingerprint density at radius 1 is 1.36 bits per heavy atom. The van der Waals surface area contributed by atoms with Gasteiger partial charge in [0.05, 0.1) is 6.42 Å². The lowest BCUT2D eigenvalue weighted by Gasteiger charge is -2.18. The molecule has 60 valence electrons. The van der Waals surface area contributed by atoms with E-state index in [9.17, 15) is 4.79 Å². The fourth-order valence-electron chi connectivity index (χ4n) is 2.16. The van der Waals surface area contributed by atoms with Gasteiger partial charge in [0.1, 0.15) is 5.76 Å². The third-order valence-electron chi connectivity index (χ3n) is 2.87. The van der Waals surface area contributed by atoms with E-state index < -0.39 is 0 Å². The highest BCUT2D eigenvalue weighted by Gasteiger charge is 2.45. The van der Waals surface area contributed by atoms with Crippen molar-refractivity contribution < 1.29 is 9.53 Å². The van der Waals surface area contributed by atoms with E-state index in [4.69, 9.17) is 4.74 Å². The number of rotatable bonds is 0. The summed E-state index contributed by atoms with van der Waals surface area (Å²) in [5.74, 6) is 0.636. The molecule has 0 amide bonds. The Morgan fingerprint density at radius 2 is 2.00 bits per heavy atom. The predicted molar refractivity (Wildman–Crippen MR) is 40.8 cm³/mol. The highest BCUT2D eigenvalue weighted by Crippen LogP contribution is 2.50. The summed E-state index contributed by atoms with van der Waals surface area (Å²) >= 11 is 0. The molecule has 2 nitrogen and oxygen atoms in total. The van der Waals surface area contributed by atoms with E-state index in [0.29, 0.717) is 6.42 Å². The van der Waals surface area contributed by atoms with Gasteiger partial charge < -0.3 is 4.74 Å². The van der Waals surface area contributed by atoms with Gasteiger partial charge in [0, 0.05) is 5.41 Å². The zero-order valence-corrected chi connectivity index (χ0v) is 6.56. The van der Waals surface area contributed by atoms with Crippen molar-refractivity contribution in [2.75, 3.05) is 0 Å². The largest absolute Gasteiger partial charge is 0.431 e. The first-order valence-corrected chi connectivity index (χ1v) is 4.13. The summed E-state index contributed by atoms with van der Waals surface area (Å²) in [6, 6.07) is 0. The number of allylic oxidation sites excluding steroid dienone is 1. The van der Waals surface area contributed by atoms with Crippen LogP contribution in [0.2, 0.25) is 0 Å². The highest BCUT2D eigenvalue weighted by atomic mass is 16.5. The minimum absolute atomic E-state index is 0.0527. The lowest BCUT2D eigenvalue weighted by atomic mass is 9.83. The summed E-state index contributed by atoms with van der Waals surface area (Å²) in [4.78, 5) is 10.9. The van der Waals surface area contributed by atoms with Crippen LogP contribution in [-0.2, 0) is 9.53 Å². The maximum atomic E-state index is 10.9.